The molecule has 0 bridgehead atoms. The van der Waals surface area contributed by atoms with Crippen LogP contribution in [0.4, 0.5) is 20.7 Å². The van der Waals surface area contributed by atoms with E-state index in [4.69, 9.17) is 16.3 Å². The highest BCUT2D eigenvalue weighted by molar-refractivity contribution is 7.79. The number of amides is 3. The van der Waals surface area contributed by atoms with Crippen molar-refractivity contribution in [2.24, 2.45) is 5.92 Å². The average Bonchev–Trinajstić information content (AvgIpc) is 3.75. The van der Waals surface area contributed by atoms with Crippen molar-refractivity contribution in [3.8, 4) is 0 Å². The summed E-state index contributed by atoms with van der Waals surface area (Å²) in [6.07, 6.45) is 8.11. The maximum absolute atomic E-state index is 15.3. The number of carbonyl (C=O) groups excluding carboxylic acids is 2. The number of nitrogens with zero attached hydrogens (tertiary/aromatic N) is 3. The van der Waals surface area contributed by atoms with Crippen LogP contribution in [-0.2, 0) is 26.2 Å². The van der Waals surface area contributed by atoms with Gasteiger partial charge in [-0.2, -0.15) is 0 Å². The number of hydrogen-bond acceptors (Lipinski definition) is 7. The van der Waals surface area contributed by atoms with E-state index in [1.54, 1.807) is 36.7 Å². The van der Waals surface area contributed by atoms with Crippen LogP contribution in [0.15, 0.2) is 61.1 Å². The van der Waals surface area contributed by atoms with Gasteiger partial charge in [-0.3, -0.25) is 20.4 Å². The van der Waals surface area contributed by atoms with E-state index in [1.165, 1.54) is 24.3 Å². The number of hydrogen-bond donors (Lipinski definition) is 4. The Morgan fingerprint density at radius 1 is 1.16 bits per heavy atom. The van der Waals surface area contributed by atoms with Crippen LogP contribution >= 0.6 is 11.6 Å². The third-order valence-electron chi connectivity index (χ3n) is 8.13. The fraction of sp³-hybridized carbons (Fsp3) is 0.400. The molecule has 1 aromatic carbocycles. The molecule has 1 saturated heterocycles. The molecule has 3 amide bonds. The Balaban J connectivity index is 1.43. The van der Waals surface area contributed by atoms with Crippen LogP contribution in [0.2, 0.25) is 5.02 Å². The SMILES string of the molecule is CO[C@@H]1C[C@H](C(=O)Nc2cc(C(CCC3CC3)(NCS(=O)O)c3ccncc3)ccc2F)N(C(=O)Nc2ccc(Cl)cn2)C1. The summed E-state index contributed by atoms with van der Waals surface area (Å²) in [5.41, 5.74) is 0.365. The number of benzene rings is 1. The van der Waals surface area contributed by atoms with E-state index in [0.29, 0.717) is 22.9 Å². The lowest BCUT2D eigenvalue weighted by atomic mass is 9.79. The molecule has 234 valence electrons. The molecule has 44 heavy (non-hydrogen) atoms. The van der Waals surface area contributed by atoms with Crippen molar-refractivity contribution in [2.45, 2.75) is 49.8 Å². The van der Waals surface area contributed by atoms with Crippen LogP contribution < -0.4 is 16.0 Å². The molecule has 11 nitrogen and oxygen atoms in total. The van der Waals surface area contributed by atoms with Crippen LogP contribution in [0.25, 0.3) is 0 Å². The Labute approximate surface area is 262 Å². The molecule has 1 aliphatic heterocycles. The largest absolute Gasteiger partial charge is 0.380 e. The molecule has 0 spiro atoms. The van der Waals surface area contributed by atoms with Crippen LogP contribution in [0.3, 0.4) is 0 Å². The molecule has 2 aliphatic rings. The molecular weight excluding hydrogens is 611 g/mol. The fourth-order valence-electron chi connectivity index (χ4n) is 5.57. The first-order chi connectivity index (χ1) is 21.2. The predicted octanol–water partition coefficient (Wildman–Crippen LogP) is 4.73. The standard InChI is InChI=1S/C30H34ClFN6O5S/c1-43-23-15-26(38(17-23)29(40)37-27-7-5-22(31)16-34-27)28(39)36-25-14-21(4-6-24(25)32)30(35-18-44(41)42,11-8-19-2-3-19)20-9-12-33-13-10-20/h4-7,9-10,12-14,16,19,23,26,35H,2-3,8,11,15,17-18H2,1H3,(H,36,39)(H,41,42)(H,34,37,40)/t23-,26-,30?/m1/s1. The molecule has 2 fully saturated rings. The Hall–Kier alpha value is -3.49. The topological polar surface area (TPSA) is 146 Å². The van der Waals surface area contributed by atoms with Gasteiger partial charge in [-0.1, -0.05) is 30.5 Å². The van der Waals surface area contributed by atoms with Crippen molar-refractivity contribution in [3.63, 3.8) is 0 Å². The van der Waals surface area contributed by atoms with Crippen molar-refractivity contribution < 1.29 is 27.5 Å². The second-order valence-electron chi connectivity index (χ2n) is 11.0. The highest BCUT2D eigenvalue weighted by Crippen LogP contribution is 2.42. The molecule has 14 heteroatoms. The summed E-state index contributed by atoms with van der Waals surface area (Å²) in [5.74, 6) is -0.668. The lowest BCUT2D eigenvalue weighted by molar-refractivity contribution is -0.119. The first kappa shape index (κ1) is 31.9. The van der Waals surface area contributed by atoms with Gasteiger partial charge in [0.05, 0.1) is 28.2 Å². The van der Waals surface area contributed by atoms with Crippen LogP contribution in [0.5, 0.6) is 0 Å². The molecule has 0 radical (unpaired) electrons. The highest BCUT2D eigenvalue weighted by atomic mass is 35.5. The second-order valence-corrected chi connectivity index (χ2v) is 12.4. The molecule has 5 rings (SSSR count). The minimum Gasteiger partial charge on any atom is -0.380 e. The third-order valence-corrected chi connectivity index (χ3v) is 8.75. The number of nitrogens with one attached hydrogen (secondary N) is 3. The van der Waals surface area contributed by atoms with Gasteiger partial charge in [-0.25, -0.2) is 18.4 Å². The van der Waals surface area contributed by atoms with Crippen molar-refractivity contribution in [1.29, 1.82) is 0 Å². The molecule has 3 heterocycles. The Morgan fingerprint density at radius 3 is 2.59 bits per heavy atom. The summed E-state index contributed by atoms with van der Waals surface area (Å²) in [4.78, 5) is 36.3. The summed E-state index contributed by atoms with van der Waals surface area (Å²) in [6.45, 7) is 0.144. The Kier molecular flexibility index (Phi) is 10.2. The van der Waals surface area contributed by atoms with E-state index < -0.39 is 46.5 Å². The molecule has 1 saturated carbocycles. The van der Waals surface area contributed by atoms with Gasteiger partial charge in [0.1, 0.15) is 17.7 Å². The van der Waals surface area contributed by atoms with E-state index in [2.05, 4.69) is 25.9 Å². The van der Waals surface area contributed by atoms with E-state index in [0.717, 1.165) is 24.8 Å². The van der Waals surface area contributed by atoms with Gasteiger partial charge in [0.25, 0.3) is 0 Å². The average molecular weight is 645 g/mol. The number of ether oxygens (including phenoxy) is 1. The molecule has 2 aromatic heterocycles. The second kappa shape index (κ2) is 14.1. The van der Waals surface area contributed by atoms with Gasteiger partial charge in [-0.15, -0.1) is 0 Å². The van der Waals surface area contributed by atoms with Gasteiger partial charge in [0.2, 0.25) is 5.91 Å². The number of likely N-dealkylation sites (tertiary alicyclic amines) is 1. The van der Waals surface area contributed by atoms with Crippen LogP contribution in [0, 0.1) is 11.7 Å². The van der Waals surface area contributed by atoms with Crippen molar-refractivity contribution >= 4 is 46.1 Å². The van der Waals surface area contributed by atoms with Gasteiger partial charge in [0.15, 0.2) is 11.1 Å². The first-order valence-corrected chi connectivity index (χ1v) is 15.9. The first-order valence-electron chi connectivity index (χ1n) is 14.2. The molecule has 1 aliphatic carbocycles. The Morgan fingerprint density at radius 2 is 1.93 bits per heavy atom. The third kappa shape index (κ3) is 7.59. The lowest BCUT2D eigenvalue weighted by Gasteiger charge is -2.36. The molecule has 4 atom stereocenters. The minimum absolute atomic E-state index is 0.0788. The van der Waals surface area contributed by atoms with E-state index >= 15 is 4.39 Å². The minimum atomic E-state index is -2.14. The summed E-state index contributed by atoms with van der Waals surface area (Å²) >= 11 is 3.75. The summed E-state index contributed by atoms with van der Waals surface area (Å²) in [6, 6.07) is 9.65. The number of urea groups is 1. The van der Waals surface area contributed by atoms with Crippen molar-refractivity contribution in [2.75, 3.05) is 30.2 Å². The maximum atomic E-state index is 15.3. The summed E-state index contributed by atoms with van der Waals surface area (Å²) in [5, 5.41) is 9.02. The van der Waals surface area contributed by atoms with Gasteiger partial charge in [0, 0.05) is 38.7 Å². The lowest BCUT2D eigenvalue weighted by Crippen LogP contribution is -2.46. The zero-order valence-corrected chi connectivity index (χ0v) is 25.6. The summed E-state index contributed by atoms with van der Waals surface area (Å²) < 4.78 is 42.2. The number of rotatable bonds is 12. The number of methoxy groups -OCH3 is 1. The zero-order chi connectivity index (χ0) is 31.3. The van der Waals surface area contributed by atoms with Crippen LogP contribution in [0.1, 0.15) is 43.2 Å². The molecular formula is C30H34ClFN6O5S. The number of aromatic nitrogens is 2. The van der Waals surface area contributed by atoms with E-state index in [-0.39, 0.29) is 30.3 Å². The van der Waals surface area contributed by atoms with E-state index in [1.807, 2.05) is 12.1 Å². The predicted molar refractivity (Wildman–Crippen MR) is 165 cm³/mol. The molecule has 2 unspecified atom stereocenters. The fourth-order valence-corrected chi connectivity index (χ4v) is 6.05. The van der Waals surface area contributed by atoms with Gasteiger partial charge >= 0.3 is 6.03 Å². The Bertz CT molecular complexity index is 1500. The number of pyridine rings is 2. The number of anilines is 2. The normalized spacial score (nSPS) is 20.1. The number of halogens is 2. The smallest absolute Gasteiger partial charge is 0.323 e. The van der Waals surface area contributed by atoms with Crippen molar-refractivity contribution in [1.82, 2.24) is 20.2 Å². The molecule has 3 aromatic rings. The quantitative estimate of drug-likeness (QED) is 0.207. The van der Waals surface area contributed by atoms with Gasteiger partial charge < -0.3 is 19.5 Å². The molecule has 4 N–H and O–H groups in total. The monoisotopic (exact) mass is 644 g/mol. The highest BCUT2D eigenvalue weighted by Gasteiger charge is 2.41. The zero-order valence-electron chi connectivity index (χ0n) is 24.0. The van der Waals surface area contributed by atoms with Crippen molar-refractivity contribution in [3.05, 3.63) is 83.0 Å². The number of carbonyl (C=O) groups is 2. The summed E-state index contributed by atoms with van der Waals surface area (Å²) in [7, 11) is 1.50. The van der Waals surface area contributed by atoms with Crippen LogP contribution in [-0.4, -0.2) is 67.2 Å². The van der Waals surface area contributed by atoms with Gasteiger partial charge in [-0.05, 0) is 66.3 Å². The maximum Gasteiger partial charge on any atom is 0.323 e. The van der Waals surface area contributed by atoms with E-state index in [9.17, 15) is 18.4 Å².